The molecule has 0 aliphatic heterocycles. The number of allylic oxidation sites excluding steroid dienone is 1. The number of Topliss-reactive ketones (excluding diaryl/α,β-unsaturated/α-hetero) is 1. The van der Waals surface area contributed by atoms with Crippen LogP contribution in [0.2, 0.25) is 0 Å². The zero-order chi connectivity index (χ0) is 18.2. The van der Waals surface area contributed by atoms with Crippen molar-refractivity contribution in [3.63, 3.8) is 0 Å². The predicted octanol–water partition coefficient (Wildman–Crippen LogP) is 3.14. The Balaban J connectivity index is 1.90. The second-order valence-corrected chi connectivity index (χ2v) is 7.10. The second kappa shape index (κ2) is 5.19. The Morgan fingerprint density at radius 3 is 2.62 bits per heavy atom. The highest BCUT2D eigenvalue weighted by Crippen LogP contribution is 2.60. The summed E-state index contributed by atoms with van der Waals surface area (Å²) in [6, 6.07) is 8.57. The molecule has 132 valence electrons. The van der Waals surface area contributed by atoms with Crippen molar-refractivity contribution < 1.29 is 24.9 Å². The minimum absolute atomic E-state index is 0.00385. The van der Waals surface area contributed by atoms with Gasteiger partial charge in [0.25, 0.3) is 0 Å². The molecule has 5 heteroatoms. The summed E-state index contributed by atoms with van der Waals surface area (Å²) in [4.78, 5) is 12.4. The van der Waals surface area contributed by atoms with Gasteiger partial charge >= 0.3 is 0 Å². The number of phenolic OH excluding ortho intramolecular Hbond substituents is 2. The van der Waals surface area contributed by atoms with Crippen LogP contribution in [0.4, 0.5) is 0 Å². The van der Waals surface area contributed by atoms with Crippen molar-refractivity contribution in [2.24, 2.45) is 0 Å². The number of ketones is 1. The Hall–Kier alpha value is -2.63. The van der Waals surface area contributed by atoms with E-state index in [1.807, 2.05) is 12.1 Å². The van der Waals surface area contributed by atoms with Crippen molar-refractivity contribution in [1.82, 2.24) is 0 Å². The van der Waals surface area contributed by atoms with Gasteiger partial charge in [-0.05, 0) is 46.4 Å². The molecule has 0 amide bonds. The van der Waals surface area contributed by atoms with Crippen molar-refractivity contribution >= 4 is 16.9 Å². The Bertz CT molecular complexity index is 1000. The number of phenols is 2. The fraction of sp³-hybridized carbons (Fsp3) is 0.286. The van der Waals surface area contributed by atoms with Crippen LogP contribution in [0.15, 0.2) is 30.3 Å². The van der Waals surface area contributed by atoms with Crippen molar-refractivity contribution in [1.29, 1.82) is 0 Å². The van der Waals surface area contributed by atoms with Gasteiger partial charge in [-0.3, -0.25) is 4.79 Å². The summed E-state index contributed by atoms with van der Waals surface area (Å²) in [5.41, 5.74) is 5.31. The largest absolute Gasteiger partial charge is 0.508 e. The van der Waals surface area contributed by atoms with Gasteiger partial charge < -0.3 is 20.1 Å². The lowest BCUT2D eigenvalue weighted by Gasteiger charge is -2.37. The van der Waals surface area contributed by atoms with Crippen LogP contribution in [-0.2, 0) is 4.74 Å². The maximum Gasteiger partial charge on any atom is 0.167 e. The monoisotopic (exact) mass is 350 g/mol. The smallest absolute Gasteiger partial charge is 0.167 e. The number of methoxy groups -OCH3 is 1. The van der Waals surface area contributed by atoms with Crippen LogP contribution in [-0.4, -0.2) is 34.3 Å². The predicted molar refractivity (Wildman–Crippen MR) is 95.1 cm³/mol. The standard InChI is InChI=1S/C21H18O5/c1-26-21-18-11-6-8-14(24)19-13(23)7-5-10(16(11)19)15(18)9-3-2-4-12(22)17(9)20(21)25/h2-4,6,8,18,20-22,24-25H,5,7H2,1H3/t18-,20-,21+/m0/s1. The number of aliphatic hydroxyl groups excluding tert-OH is 1. The lowest BCUT2D eigenvalue weighted by atomic mass is 9.74. The van der Waals surface area contributed by atoms with Crippen molar-refractivity contribution in [2.45, 2.75) is 31.0 Å². The molecule has 2 aromatic carbocycles. The molecule has 0 spiro atoms. The summed E-state index contributed by atoms with van der Waals surface area (Å²) >= 11 is 0. The molecule has 0 saturated heterocycles. The van der Waals surface area contributed by atoms with Gasteiger partial charge in [-0.1, -0.05) is 18.2 Å². The Morgan fingerprint density at radius 1 is 1.04 bits per heavy atom. The minimum atomic E-state index is -0.981. The van der Waals surface area contributed by atoms with Gasteiger partial charge in [0.1, 0.15) is 17.6 Å². The van der Waals surface area contributed by atoms with Crippen LogP contribution in [0, 0.1) is 0 Å². The number of carbonyl (C=O) groups is 1. The van der Waals surface area contributed by atoms with Crippen LogP contribution < -0.4 is 0 Å². The number of carbonyl (C=O) groups excluding carboxylic acids is 1. The molecule has 3 aliphatic rings. The topological polar surface area (TPSA) is 87.0 Å². The fourth-order valence-electron chi connectivity index (χ4n) is 4.96. The molecule has 3 atom stereocenters. The maximum atomic E-state index is 12.4. The highest BCUT2D eigenvalue weighted by Gasteiger charge is 2.48. The van der Waals surface area contributed by atoms with Gasteiger partial charge in [0.2, 0.25) is 0 Å². The van der Waals surface area contributed by atoms with Gasteiger partial charge in [-0.25, -0.2) is 0 Å². The summed E-state index contributed by atoms with van der Waals surface area (Å²) in [5.74, 6) is -0.266. The minimum Gasteiger partial charge on any atom is -0.508 e. The average molecular weight is 350 g/mol. The molecule has 0 saturated carbocycles. The number of aliphatic hydroxyl groups is 1. The first-order valence-corrected chi connectivity index (χ1v) is 8.70. The Labute approximate surface area is 150 Å². The highest BCUT2D eigenvalue weighted by atomic mass is 16.5. The first kappa shape index (κ1) is 15.6. The molecule has 0 radical (unpaired) electrons. The summed E-state index contributed by atoms with van der Waals surface area (Å²) in [5, 5.41) is 31.5. The first-order valence-electron chi connectivity index (χ1n) is 8.70. The van der Waals surface area contributed by atoms with Crippen LogP contribution in [0.3, 0.4) is 0 Å². The number of hydrogen-bond donors (Lipinski definition) is 3. The van der Waals surface area contributed by atoms with E-state index in [-0.39, 0.29) is 23.2 Å². The molecule has 3 aliphatic carbocycles. The van der Waals surface area contributed by atoms with E-state index in [0.29, 0.717) is 24.0 Å². The number of hydrogen-bond acceptors (Lipinski definition) is 5. The summed E-state index contributed by atoms with van der Waals surface area (Å²) in [7, 11) is 1.54. The lowest BCUT2D eigenvalue weighted by Crippen LogP contribution is -2.33. The normalized spacial score (nSPS) is 25.8. The molecule has 0 unspecified atom stereocenters. The average Bonchev–Trinajstić information content (AvgIpc) is 2.95. The molecule has 0 fully saturated rings. The van der Waals surface area contributed by atoms with Crippen molar-refractivity contribution in [3.05, 3.63) is 58.1 Å². The number of rotatable bonds is 1. The summed E-state index contributed by atoms with van der Waals surface area (Å²) in [6.07, 6.45) is -0.641. The van der Waals surface area contributed by atoms with E-state index < -0.39 is 12.2 Å². The number of aromatic hydroxyl groups is 2. The van der Waals surface area contributed by atoms with E-state index >= 15 is 0 Å². The van der Waals surface area contributed by atoms with E-state index in [9.17, 15) is 20.1 Å². The summed E-state index contributed by atoms with van der Waals surface area (Å²) in [6.45, 7) is 0. The molecular formula is C21H18O5. The fourth-order valence-corrected chi connectivity index (χ4v) is 4.96. The van der Waals surface area contributed by atoms with E-state index in [1.54, 1.807) is 25.3 Å². The lowest BCUT2D eigenvalue weighted by molar-refractivity contribution is -0.0234. The van der Waals surface area contributed by atoms with Gasteiger partial charge in [-0.2, -0.15) is 0 Å². The molecule has 3 N–H and O–H groups in total. The van der Waals surface area contributed by atoms with Gasteiger partial charge in [0, 0.05) is 25.0 Å². The van der Waals surface area contributed by atoms with E-state index in [2.05, 4.69) is 0 Å². The van der Waals surface area contributed by atoms with Crippen LogP contribution >= 0.6 is 0 Å². The second-order valence-electron chi connectivity index (χ2n) is 7.10. The molecular weight excluding hydrogens is 332 g/mol. The van der Waals surface area contributed by atoms with Crippen LogP contribution in [0.5, 0.6) is 11.5 Å². The van der Waals surface area contributed by atoms with Gasteiger partial charge in [0.15, 0.2) is 5.78 Å². The zero-order valence-electron chi connectivity index (χ0n) is 14.2. The molecule has 5 nitrogen and oxygen atoms in total. The molecule has 5 rings (SSSR count). The quantitative estimate of drug-likeness (QED) is 0.735. The molecule has 0 bridgehead atoms. The van der Waals surface area contributed by atoms with E-state index in [1.165, 1.54) is 0 Å². The van der Waals surface area contributed by atoms with Gasteiger partial charge in [-0.15, -0.1) is 0 Å². The number of fused-ring (bicyclic) bond motifs is 4. The number of ether oxygens (including phenoxy) is 1. The van der Waals surface area contributed by atoms with Crippen LogP contribution in [0.1, 0.15) is 57.5 Å². The molecule has 26 heavy (non-hydrogen) atoms. The van der Waals surface area contributed by atoms with Gasteiger partial charge in [0.05, 0.1) is 11.7 Å². The third-order valence-corrected chi connectivity index (χ3v) is 5.95. The Morgan fingerprint density at radius 2 is 1.85 bits per heavy atom. The molecule has 2 aromatic rings. The third kappa shape index (κ3) is 1.74. The van der Waals surface area contributed by atoms with Crippen LogP contribution in [0.25, 0.3) is 11.1 Å². The number of benzene rings is 2. The zero-order valence-corrected chi connectivity index (χ0v) is 14.2. The summed E-state index contributed by atoms with van der Waals surface area (Å²) < 4.78 is 5.65. The highest BCUT2D eigenvalue weighted by molar-refractivity contribution is 6.14. The Kier molecular flexibility index (Phi) is 3.12. The maximum absolute atomic E-state index is 12.4. The van der Waals surface area contributed by atoms with E-state index in [0.717, 1.165) is 27.8 Å². The van der Waals surface area contributed by atoms with Crippen molar-refractivity contribution in [3.8, 4) is 11.5 Å². The van der Waals surface area contributed by atoms with E-state index in [4.69, 9.17) is 4.74 Å². The molecule has 0 aromatic heterocycles. The first-order chi connectivity index (χ1) is 12.5. The third-order valence-electron chi connectivity index (χ3n) is 5.95. The SMILES string of the molecule is CO[C@@H]1[C@@H]2C(=C3CCC(=O)c4c(O)ccc2c43)c2cccc(O)c2[C@@H]1O. The van der Waals surface area contributed by atoms with Crippen molar-refractivity contribution in [2.75, 3.05) is 7.11 Å². The molecule has 0 heterocycles.